The Morgan fingerprint density at radius 1 is 1.15 bits per heavy atom. The molecular formula is C14H16F2N4. The minimum atomic E-state index is -0.825. The highest BCUT2D eigenvalue weighted by Crippen LogP contribution is 2.18. The highest BCUT2D eigenvalue weighted by molar-refractivity contribution is 5.46. The number of rotatable bonds is 5. The predicted octanol–water partition coefficient (Wildman–Crippen LogP) is 2.61. The van der Waals surface area contributed by atoms with Crippen LogP contribution in [0.3, 0.4) is 0 Å². The largest absolute Gasteiger partial charge is 0.367 e. The molecule has 0 bridgehead atoms. The van der Waals surface area contributed by atoms with Crippen molar-refractivity contribution in [2.45, 2.75) is 13.3 Å². The van der Waals surface area contributed by atoms with Gasteiger partial charge in [-0.2, -0.15) is 0 Å². The summed E-state index contributed by atoms with van der Waals surface area (Å²) in [5.74, 6) is 3.32. The van der Waals surface area contributed by atoms with Crippen molar-refractivity contribution in [3.8, 4) is 0 Å². The van der Waals surface area contributed by atoms with Gasteiger partial charge in [-0.05, 0) is 18.9 Å². The van der Waals surface area contributed by atoms with Crippen molar-refractivity contribution in [1.29, 1.82) is 0 Å². The minimum absolute atomic E-state index is 0.0213. The Labute approximate surface area is 116 Å². The summed E-state index contributed by atoms with van der Waals surface area (Å²) in [6.45, 7) is 2.50. The van der Waals surface area contributed by atoms with Gasteiger partial charge in [-0.15, -0.1) is 0 Å². The first-order chi connectivity index (χ1) is 9.60. The number of hydrogen-bond acceptors (Lipinski definition) is 4. The van der Waals surface area contributed by atoms with Crippen LogP contribution < -0.4 is 16.6 Å². The zero-order valence-electron chi connectivity index (χ0n) is 11.1. The lowest BCUT2D eigenvalue weighted by molar-refractivity contribution is 0.578. The number of aromatic nitrogens is 1. The first-order valence-corrected chi connectivity index (χ1v) is 6.22. The predicted molar refractivity (Wildman–Crippen MR) is 75.3 cm³/mol. The molecule has 0 radical (unpaired) electrons. The molecule has 1 heterocycles. The van der Waals surface area contributed by atoms with Crippen LogP contribution in [-0.4, -0.2) is 11.5 Å². The van der Waals surface area contributed by atoms with Crippen molar-refractivity contribution in [1.82, 2.24) is 4.98 Å². The summed E-state index contributed by atoms with van der Waals surface area (Å²) in [7, 11) is 0. The summed E-state index contributed by atoms with van der Waals surface area (Å²) < 4.78 is 26.7. The third kappa shape index (κ3) is 3.42. The van der Waals surface area contributed by atoms with Gasteiger partial charge in [0.15, 0.2) is 23.3 Å². The molecule has 106 valence electrons. The van der Waals surface area contributed by atoms with Crippen LogP contribution in [0.2, 0.25) is 0 Å². The summed E-state index contributed by atoms with van der Waals surface area (Å²) in [5.41, 5.74) is 4.39. The summed E-state index contributed by atoms with van der Waals surface area (Å²) in [6.07, 6.45) is 0.714. The normalized spacial score (nSPS) is 10.4. The van der Waals surface area contributed by atoms with Crippen molar-refractivity contribution in [3.63, 3.8) is 0 Å². The molecule has 6 heteroatoms. The molecule has 0 amide bonds. The van der Waals surface area contributed by atoms with Gasteiger partial charge in [0.2, 0.25) is 0 Å². The Morgan fingerprint density at radius 2 is 1.90 bits per heavy atom. The van der Waals surface area contributed by atoms with Crippen LogP contribution in [0.15, 0.2) is 30.3 Å². The Morgan fingerprint density at radius 3 is 2.60 bits per heavy atom. The number of nitrogen functional groups attached to an aromatic ring is 1. The number of hydrogen-bond donors (Lipinski definition) is 3. The van der Waals surface area contributed by atoms with E-state index in [1.807, 2.05) is 25.1 Å². The molecule has 0 unspecified atom stereocenters. The fourth-order valence-corrected chi connectivity index (χ4v) is 1.88. The first kappa shape index (κ1) is 14.2. The molecule has 4 N–H and O–H groups in total. The third-order valence-corrected chi connectivity index (χ3v) is 2.85. The molecule has 1 aromatic carbocycles. The van der Waals surface area contributed by atoms with E-state index < -0.39 is 11.6 Å². The van der Waals surface area contributed by atoms with E-state index in [2.05, 4.69) is 21.8 Å². The second kappa shape index (κ2) is 6.29. The molecule has 20 heavy (non-hydrogen) atoms. The number of nitrogens with zero attached hydrogens (tertiary/aromatic N) is 1. The summed E-state index contributed by atoms with van der Waals surface area (Å²) in [4.78, 5) is 3.74. The number of nitrogens with one attached hydrogen (secondary N) is 2. The van der Waals surface area contributed by atoms with Crippen LogP contribution in [0, 0.1) is 18.6 Å². The molecular weight excluding hydrogens is 262 g/mol. The molecule has 0 aliphatic heterocycles. The molecule has 0 saturated heterocycles. The molecule has 0 spiro atoms. The fourth-order valence-electron chi connectivity index (χ4n) is 1.88. The molecule has 0 fully saturated rings. The van der Waals surface area contributed by atoms with E-state index in [-0.39, 0.29) is 11.6 Å². The van der Waals surface area contributed by atoms with E-state index in [1.54, 1.807) is 0 Å². The molecule has 2 rings (SSSR count). The average Bonchev–Trinajstić information content (AvgIpc) is 2.41. The second-order valence-corrected chi connectivity index (χ2v) is 4.46. The third-order valence-electron chi connectivity index (χ3n) is 2.85. The zero-order chi connectivity index (χ0) is 14.5. The van der Waals surface area contributed by atoms with Gasteiger partial charge in [0.1, 0.15) is 0 Å². The van der Waals surface area contributed by atoms with Gasteiger partial charge in [0.05, 0.1) is 0 Å². The number of benzene rings is 1. The van der Waals surface area contributed by atoms with Gasteiger partial charge in [-0.25, -0.2) is 19.6 Å². The zero-order valence-corrected chi connectivity index (χ0v) is 11.1. The monoisotopic (exact) mass is 278 g/mol. The summed E-state index contributed by atoms with van der Waals surface area (Å²) in [6, 6.07) is 8.78. The molecule has 0 atom stereocenters. The Hall–Kier alpha value is -2.21. The maximum absolute atomic E-state index is 13.5. The van der Waals surface area contributed by atoms with Crippen molar-refractivity contribution < 1.29 is 8.78 Å². The lowest BCUT2D eigenvalue weighted by atomic mass is 10.1. The van der Waals surface area contributed by atoms with Gasteiger partial charge in [-0.3, -0.25) is 0 Å². The molecule has 0 aliphatic carbocycles. The summed E-state index contributed by atoms with van der Waals surface area (Å²) >= 11 is 0. The van der Waals surface area contributed by atoms with Crippen LogP contribution in [0.1, 0.15) is 11.1 Å². The van der Waals surface area contributed by atoms with Gasteiger partial charge in [-0.1, -0.05) is 29.8 Å². The lowest BCUT2D eigenvalue weighted by Crippen LogP contribution is -2.14. The van der Waals surface area contributed by atoms with Crippen LogP contribution in [-0.2, 0) is 6.42 Å². The van der Waals surface area contributed by atoms with E-state index in [0.717, 1.165) is 11.6 Å². The number of halogens is 2. The Bertz CT molecular complexity index is 602. The van der Waals surface area contributed by atoms with Crippen molar-refractivity contribution in [3.05, 3.63) is 53.1 Å². The van der Waals surface area contributed by atoms with Gasteiger partial charge in [0, 0.05) is 12.6 Å². The standard InChI is InChI=1S/C14H16F2N4/c1-9-3-2-4-10(7-9)5-6-18-13-11(15)8-12(16)14(19-13)20-17/h2-4,7-8H,5-6,17H2,1H3,(H2,18,19,20). The van der Waals surface area contributed by atoms with E-state index in [0.29, 0.717) is 13.0 Å². The topological polar surface area (TPSA) is 63.0 Å². The van der Waals surface area contributed by atoms with Gasteiger partial charge in [0.25, 0.3) is 0 Å². The maximum atomic E-state index is 13.5. The molecule has 1 aromatic heterocycles. The molecule has 2 aromatic rings. The molecule has 0 aliphatic rings. The summed E-state index contributed by atoms with van der Waals surface area (Å²) in [5, 5.41) is 2.83. The number of aryl methyl sites for hydroxylation is 1. The molecule has 0 saturated carbocycles. The highest BCUT2D eigenvalue weighted by atomic mass is 19.1. The van der Waals surface area contributed by atoms with Gasteiger partial charge >= 0.3 is 0 Å². The highest BCUT2D eigenvalue weighted by Gasteiger charge is 2.10. The first-order valence-electron chi connectivity index (χ1n) is 6.22. The fraction of sp³-hybridized carbons (Fsp3) is 0.214. The smallest absolute Gasteiger partial charge is 0.178 e. The van der Waals surface area contributed by atoms with E-state index in [9.17, 15) is 8.78 Å². The minimum Gasteiger partial charge on any atom is -0.367 e. The number of anilines is 2. The number of pyridine rings is 1. The SMILES string of the molecule is Cc1cccc(CCNc2nc(NN)c(F)cc2F)c1. The quantitative estimate of drug-likeness (QED) is 0.581. The van der Waals surface area contributed by atoms with Crippen molar-refractivity contribution in [2.24, 2.45) is 5.84 Å². The Kier molecular flexibility index (Phi) is 4.47. The number of nitrogens with two attached hydrogens (primary N) is 1. The van der Waals surface area contributed by atoms with E-state index in [4.69, 9.17) is 5.84 Å². The van der Waals surface area contributed by atoms with E-state index in [1.165, 1.54) is 5.56 Å². The van der Waals surface area contributed by atoms with Crippen LogP contribution in [0.25, 0.3) is 0 Å². The van der Waals surface area contributed by atoms with Crippen LogP contribution in [0.5, 0.6) is 0 Å². The average molecular weight is 278 g/mol. The number of hydrazine groups is 1. The van der Waals surface area contributed by atoms with Crippen LogP contribution in [0.4, 0.5) is 20.4 Å². The second-order valence-electron chi connectivity index (χ2n) is 4.46. The maximum Gasteiger partial charge on any atom is 0.178 e. The van der Waals surface area contributed by atoms with Crippen molar-refractivity contribution in [2.75, 3.05) is 17.3 Å². The van der Waals surface area contributed by atoms with Gasteiger partial charge < -0.3 is 10.7 Å². The van der Waals surface area contributed by atoms with E-state index >= 15 is 0 Å². The Balaban J connectivity index is 2.00. The molecule has 4 nitrogen and oxygen atoms in total. The van der Waals surface area contributed by atoms with Crippen LogP contribution >= 0.6 is 0 Å². The van der Waals surface area contributed by atoms with Crippen molar-refractivity contribution >= 4 is 11.6 Å². The lowest BCUT2D eigenvalue weighted by Gasteiger charge is -2.09.